The van der Waals surface area contributed by atoms with E-state index in [1.807, 2.05) is 6.92 Å². The van der Waals surface area contributed by atoms with Crippen LogP contribution in [0, 0.1) is 0 Å². The van der Waals surface area contributed by atoms with Gasteiger partial charge in [-0.25, -0.2) is 0 Å². The average molecular weight is 376 g/mol. The van der Waals surface area contributed by atoms with E-state index in [1.54, 1.807) is 18.2 Å². The van der Waals surface area contributed by atoms with Gasteiger partial charge in [-0.2, -0.15) is 13.2 Å². The van der Waals surface area contributed by atoms with Crippen molar-refractivity contribution in [3.63, 3.8) is 0 Å². The summed E-state index contributed by atoms with van der Waals surface area (Å²) in [5.74, 6) is 0.634. The van der Waals surface area contributed by atoms with Crippen LogP contribution in [0.2, 0.25) is 0 Å². The minimum atomic E-state index is -4.19. The van der Waals surface area contributed by atoms with Crippen molar-refractivity contribution in [3.8, 4) is 5.75 Å². The summed E-state index contributed by atoms with van der Waals surface area (Å²) in [7, 11) is 0. The Hall–Kier alpha value is -0.230. The number of rotatable bonds is 4. The zero-order valence-electron chi connectivity index (χ0n) is 9.02. The van der Waals surface area contributed by atoms with Gasteiger partial charge in [-0.05, 0) is 24.6 Å². The van der Waals surface area contributed by atoms with E-state index < -0.39 is 17.4 Å². The summed E-state index contributed by atoms with van der Waals surface area (Å²) in [4.78, 5) is -0.757. The highest BCUT2D eigenvalue weighted by Crippen LogP contribution is 2.39. The van der Waals surface area contributed by atoms with Crippen LogP contribution in [-0.2, 0) is 0 Å². The molecular formula is C11H11Br2F3O. The predicted octanol–water partition coefficient (Wildman–Crippen LogP) is 5.24. The fourth-order valence-electron chi connectivity index (χ4n) is 1.33. The third kappa shape index (κ3) is 4.87. The summed E-state index contributed by atoms with van der Waals surface area (Å²) < 4.78 is 42.6. The molecular weight excluding hydrogens is 365 g/mol. The quantitative estimate of drug-likeness (QED) is 0.654. The fraction of sp³-hybridized carbons (Fsp3) is 0.455. The highest BCUT2D eigenvalue weighted by molar-refractivity contribution is 9.11. The number of ether oxygens (including phenoxy) is 1. The van der Waals surface area contributed by atoms with Crippen LogP contribution in [0.15, 0.2) is 22.7 Å². The highest BCUT2D eigenvalue weighted by Gasteiger charge is 2.32. The normalized spacial score (nSPS) is 13.5. The molecule has 0 N–H and O–H groups in total. The van der Waals surface area contributed by atoms with E-state index in [4.69, 9.17) is 4.74 Å². The van der Waals surface area contributed by atoms with Crippen LogP contribution in [0.1, 0.15) is 23.7 Å². The van der Waals surface area contributed by atoms with Gasteiger partial charge in [0, 0.05) is 9.30 Å². The number of benzene rings is 1. The molecule has 1 nitrogen and oxygen atoms in total. The van der Waals surface area contributed by atoms with Crippen LogP contribution in [-0.4, -0.2) is 12.8 Å². The predicted molar refractivity (Wildman–Crippen MR) is 67.7 cm³/mol. The van der Waals surface area contributed by atoms with Crippen molar-refractivity contribution in [2.24, 2.45) is 0 Å². The van der Waals surface area contributed by atoms with E-state index in [0.29, 0.717) is 22.4 Å². The van der Waals surface area contributed by atoms with Gasteiger partial charge in [0.2, 0.25) is 0 Å². The van der Waals surface area contributed by atoms with Crippen LogP contribution in [0.5, 0.6) is 5.75 Å². The first-order valence-corrected chi connectivity index (χ1v) is 6.67. The molecule has 1 atom stereocenters. The number of hydrogen-bond acceptors (Lipinski definition) is 1. The molecule has 17 heavy (non-hydrogen) atoms. The van der Waals surface area contributed by atoms with Gasteiger partial charge in [0.05, 0.1) is 13.0 Å². The number of halogens is 5. The van der Waals surface area contributed by atoms with Crippen LogP contribution >= 0.6 is 31.9 Å². The Kier molecular flexibility index (Phi) is 5.31. The third-order valence-corrected chi connectivity index (χ3v) is 3.53. The SMILES string of the molecule is CCOc1ccc(C(Br)CC(F)(F)F)c(Br)c1. The highest BCUT2D eigenvalue weighted by atomic mass is 79.9. The molecule has 0 spiro atoms. The number of hydrogen-bond donors (Lipinski definition) is 0. The molecule has 0 saturated heterocycles. The smallest absolute Gasteiger partial charge is 0.390 e. The number of alkyl halides is 4. The molecule has 0 heterocycles. The Balaban J connectivity index is 2.84. The standard InChI is InChI=1S/C11H11Br2F3O/c1-2-17-7-3-4-8(9(12)5-7)10(13)6-11(14,15)16/h3-5,10H,2,6H2,1H3. The van der Waals surface area contributed by atoms with Crippen molar-refractivity contribution >= 4 is 31.9 Å². The maximum atomic E-state index is 12.3. The zero-order valence-corrected chi connectivity index (χ0v) is 12.2. The molecule has 0 aliphatic rings. The molecule has 0 saturated carbocycles. The Labute approximate surface area is 115 Å². The Morgan fingerprint density at radius 3 is 2.47 bits per heavy atom. The second-order valence-corrected chi connectivity index (χ2v) is 5.36. The van der Waals surface area contributed by atoms with E-state index in [0.717, 1.165) is 0 Å². The van der Waals surface area contributed by atoms with Crippen molar-refractivity contribution < 1.29 is 17.9 Å². The molecule has 0 aliphatic carbocycles. The lowest BCUT2D eigenvalue weighted by Crippen LogP contribution is -2.10. The van der Waals surface area contributed by atoms with Crippen molar-refractivity contribution in [3.05, 3.63) is 28.2 Å². The molecule has 96 valence electrons. The molecule has 0 amide bonds. The first kappa shape index (κ1) is 14.8. The summed E-state index contributed by atoms with van der Waals surface area (Å²) >= 11 is 6.29. The lowest BCUT2D eigenvalue weighted by Gasteiger charge is -2.15. The fourth-order valence-corrected chi connectivity index (χ4v) is 3.04. The van der Waals surface area contributed by atoms with Gasteiger partial charge in [0.15, 0.2) is 0 Å². The van der Waals surface area contributed by atoms with Gasteiger partial charge in [0.25, 0.3) is 0 Å². The third-order valence-electron chi connectivity index (χ3n) is 2.03. The maximum Gasteiger partial charge on any atom is 0.390 e. The minimum Gasteiger partial charge on any atom is -0.494 e. The molecule has 0 bridgehead atoms. The molecule has 0 fully saturated rings. The summed E-state index contributed by atoms with van der Waals surface area (Å²) in [5, 5.41) is 0. The van der Waals surface area contributed by atoms with Gasteiger partial charge in [-0.15, -0.1) is 0 Å². The maximum absolute atomic E-state index is 12.3. The Morgan fingerprint density at radius 1 is 1.35 bits per heavy atom. The van der Waals surface area contributed by atoms with E-state index >= 15 is 0 Å². The van der Waals surface area contributed by atoms with Crippen LogP contribution in [0.25, 0.3) is 0 Å². The second-order valence-electron chi connectivity index (χ2n) is 3.40. The average Bonchev–Trinajstić information content (AvgIpc) is 2.15. The molecule has 1 aromatic rings. The Morgan fingerprint density at radius 2 is 2.00 bits per heavy atom. The summed E-state index contributed by atoms with van der Waals surface area (Å²) in [5.41, 5.74) is 0.561. The molecule has 0 radical (unpaired) electrons. The van der Waals surface area contributed by atoms with Gasteiger partial charge in [-0.1, -0.05) is 37.9 Å². The van der Waals surface area contributed by atoms with Gasteiger partial charge >= 0.3 is 6.18 Å². The first-order valence-electron chi connectivity index (χ1n) is 4.96. The monoisotopic (exact) mass is 374 g/mol. The van der Waals surface area contributed by atoms with E-state index in [-0.39, 0.29) is 0 Å². The lowest BCUT2D eigenvalue weighted by molar-refractivity contribution is -0.134. The Bertz CT molecular complexity index is 379. The molecule has 0 aromatic heterocycles. The molecule has 6 heteroatoms. The van der Waals surface area contributed by atoms with Crippen molar-refractivity contribution in [2.75, 3.05) is 6.61 Å². The van der Waals surface area contributed by atoms with Crippen molar-refractivity contribution in [1.29, 1.82) is 0 Å². The zero-order chi connectivity index (χ0) is 13.1. The van der Waals surface area contributed by atoms with Crippen LogP contribution in [0.4, 0.5) is 13.2 Å². The van der Waals surface area contributed by atoms with E-state index in [9.17, 15) is 13.2 Å². The topological polar surface area (TPSA) is 9.23 Å². The van der Waals surface area contributed by atoms with E-state index in [2.05, 4.69) is 31.9 Å². The summed E-state index contributed by atoms with van der Waals surface area (Å²) in [6.07, 6.45) is -5.09. The van der Waals surface area contributed by atoms with E-state index in [1.165, 1.54) is 0 Å². The van der Waals surface area contributed by atoms with Crippen molar-refractivity contribution in [2.45, 2.75) is 24.3 Å². The largest absolute Gasteiger partial charge is 0.494 e. The summed E-state index contributed by atoms with van der Waals surface area (Å²) in [6.45, 7) is 2.37. The van der Waals surface area contributed by atoms with Crippen LogP contribution < -0.4 is 4.74 Å². The van der Waals surface area contributed by atoms with Crippen LogP contribution in [0.3, 0.4) is 0 Å². The second kappa shape index (κ2) is 6.09. The molecule has 1 unspecified atom stereocenters. The molecule has 1 rings (SSSR count). The minimum absolute atomic E-state index is 0.520. The molecule has 1 aromatic carbocycles. The summed E-state index contributed by atoms with van der Waals surface area (Å²) in [6, 6.07) is 4.96. The van der Waals surface area contributed by atoms with Gasteiger partial charge in [0.1, 0.15) is 5.75 Å². The lowest BCUT2D eigenvalue weighted by atomic mass is 10.1. The molecule has 0 aliphatic heterocycles. The van der Waals surface area contributed by atoms with Gasteiger partial charge in [-0.3, -0.25) is 0 Å². The first-order chi connectivity index (χ1) is 7.83. The van der Waals surface area contributed by atoms with Gasteiger partial charge < -0.3 is 4.74 Å². The van der Waals surface area contributed by atoms with Crippen molar-refractivity contribution in [1.82, 2.24) is 0 Å².